The summed E-state index contributed by atoms with van der Waals surface area (Å²) in [5, 5.41) is 0. The Morgan fingerprint density at radius 3 is 2.79 bits per heavy atom. The van der Waals surface area contributed by atoms with Gasteiger partial charge in [-0.25, -0.2) is 13.2 Å². The molecule has 0 aromatic heterocycles. The molecule has 3 heterocycles. The fraction of sp³-hybridized carbons (Fsp3) is 0.316. The molecule has 1 aromatic rings. The molecule has 0 saturated heterocycles. The number of esters is 1. The molecule has 0 unspecified atom stereocenters. The van der Waals surface area contributed by atoms with Gasteiger partial charge < -0.3 is 14.5 Å². The summed E-state index contributed by atoms with van der Waals surface area (Å²) in [6.45, 7) is 2.32. The maximum Gasteiger partial charge on any atom is 0.340 e. The first kappa shape index (κ1) is 18.4. The van der Waals surface area contributed by atoms with Gasteiger partial charge in [0, 0.05) is 25.0 Å². The van der Waals surface area contributed by atoms with Crippen molar-refractivity contribution in [1.29, 1.82) is 0 Å². The van der Waals surface area contributed by atoms with Crippen LogP contribution in [0.2, 0.25) is 0 Å². The van der Waals surface area contributed by atoms with Crippen LogP contribution in [-0.2, 0) is 30.8 Å². The van der Waals surface area contributed by atoms with Crippen LogP contribution in [0.1, 0.15) is 12.5 Å². The zero-order chi connectivity index (χ0) is 19.9. The lowest BCUT2D eigenvalue weighted by molar-refractivity contribution is -0.149. The number of amides is 1. The van der Waals surface area contributed by atoms with E-state index in [9.17, 15) is 18.0 Å². The summed E-state index contributed by atoms with van der Waals surface area (Å²) in [7, 11) is -3.46. The van der Waals surface area contributed by atoms with Crippen molar-refractivity contribution in [3.63, 3.8) is 0 Å². The number of sulfonamides is 1. The molecular weight excluding hydrogens is 382 g/mol. The molecule has 0 aliphatic carbocycles. The van der Waals surface area contributed by atoms with Crippen LogP contribution in [-0.4, -0.2) is 56.0 Å². The minimum atomic E-state index is -3.46. The van der Waals surface area contributed by atoms with Gasteiger partial charge in [0.1, 0.15) is 5.84 Å². The molecule has 4 rings (SSSR count). The monoisotopic (exact) mass is 401 g/mol. The van der Waals surface area contributed by atoms with Gasteiger partial charge in [0.2, 0.25) is 0 Å². The number of hydrogen-bond donors (Lipinski definition) is 0. The van der Waals surface area contributed by atoms with Crippen molar-refractivity contribution < 1.29 is 22.7 Å². The Balaban J connectivity index is 1.44. The van der Waals surface area contributed by atoms with Crippen LogP contribution >= 0.6 is 0 Å². The predicted octanol–water partition coefficient (Wildman–Crippen LogP) is 1.01. The molecule has 0 N–H and O–H groups in total. The number of para-hydroxylation sites is 1. The van der Waals surface area contributed by atoms with Gasteiger partial charge >= 0.3 is 5.97 Å². The molecule has 1 amide bonds. The van der Waals surface area contributed by atoms with Crippen molar-refractivity contribution in [2.45, 2.75) is 19.4 Å². The van der Waals surface area contributed by atoms with Gasteiger partial charge in [-0.2, -0.15) is 0 Å². The van der Waals surface area contributed by atoms with Crippen LogP contribution < -0.4 is 4.90 Å². The molecule has 3 aliphatic heterocycles. The minimum Gasteiger partial charge on any atom is -0.449 e. The third kappa shape index (κ3) is 3.45. The summed E-state index contributed by atoms with van der Waals surface area (Å²) >= 11 is 0. The van der Waals surface area contributed by atoms with Gasteiger partial charge in [0.05, 0.1) is 11.3 Å². The number of carbonyl (C=O) groups excluding carboxylic acids is 2. The smallest absolute Gasteiger partial charge is 0.340 e. The first-order chi connectivity index (χ1) is 13.3. The van der Waals surface area contributed by atoms with Crippen LogP contribution in [0.3, 0.4) is 0 Å². The Labute approximate surface area is 162 Å². The molecule has 0 saturated carbocycles. The van der Waals surface area contributed by atoms with Crippen molar-refractivity contribution in [3.05, 3.63) is 53.8 Å². The number of rotatable bonds is 3. The van der Waals surface area contributed by atoms with Crippen molar-refractivity contribution in [3.8, 4) is 0 Å². The summed E-state index contributed by atoms with van der Waals surface area (Å²) < 4.78 is 32.1. The fourth-order valence-electron chi connectivity index (χ4n) is 3.39. The van der Waals surface area contributed by atoms with Gasteiger partial charge in [-0.3, -0.25) is 4.79 Å². The topological polar surface area (TPSA) is 96.3 Å². The lowest BCUT2D eigenvalue weighted by Crippen LogP contribution is -2.40. The summed E-state index contributed by atoms with van der Waals surface area (Å²) in [6.07, 6.45) is 4.23. The number of carbonyl (C=O) groups is 2. The first-order valence-electron chi connectivity index (χ1n) is 8.93. The Morgan fingerprint density at radius 2 is 1.96 bits per heavy atom. The molecule has 28 heavy (non-hydrogen) atoms. The summed E-state index contributed by atoms with van der Waals surface area (Å²) in [4.78, 5) is 28.4. The van der Waals surface area contributed by atoms with E-state index in [1.54, 1.807) is 16.7 Å². The number of fused-ring (bicyclic) bond motifs is 2. The molecule has 9 heteroatoms. The molecule has 3 aliphatic rings. The average Bonchev–Trinajstić information content (AvgIpc) is 3.10. The van der Waals surface area contributed by atoms with Gasteiger partial charge in [-0.05, 0) is 37.1 Å². The van der Waals surface area contributed by atoms with Gasteiger partial charge in [-0.1, -0.05) is 18.2 Å². The standard InChI is InChI=1S/C19H19N3O5S/c1-13(18(23)22-9-8-14-4-2-3-5-16(14)22)27-19(24)15-6-7-17-20-28(25,26)11-10-21(17)12-15/h2-7,12-13H,8-11H2,1H3/t13-/m1/s1. The van der Waals surface area contributed by atoms with E-state index < -0.39 is 22.1 Å². The molecule has 0 radical (unpaired) electrons. The van der Waals surface area contributed by atoms with Crippen molar-refractivity contribution in [2.75, 3.05) is 23.7 Å². The van der Waals surface area contributed by atoms with Gasteiger partial charge in [0.15, 0.2) is 6.10 Å². The minimum absolute atomic E-state index is 0.119. The fourth-order valence-corrected chi connectivity index (χ4v) is 4.36. The Morgan fingerprint density at radius 1 is 1.18 bits per heavy atom. The van der Waals surface area contributed by atoms with E-state index in [-0.39, 0.29) is 29.6 Å². The first-order valence-corrected chi connectivity index (χ1v) is 10.5. The highest BCUT2D eigenvalue weighted by Gasteiger charge is 2.31. The van der Waals surface area contributed by atoms with Gasteiger partial charge in [0.25, 0.3) is 15.9 Å². The molecule has 8 nitrogen and oxygen atoms in total. The van der Waals surface area contributed by atoms with Crippen molar-refractivity contribution in [1.82, 2.24) is 4.90 Å². The number of anilines is 1. The predicted molar refractivity (Wildman–Crippen MR) is 103 cm³/mol. The van der Waals surface area contributed by atoms with E-state index in [1.807, 2.05) is 24.3 Å². The molecular formula is C19H19N3O5S. The van der Waals surface area contributed by atoms with Crippen LogP contribution in [0, 0.1) is 0 Å². The molecule has 146 valence electrons. The van der Waals surface area contributed by atoms with Crippen molar-refractivity contribution >= 4 is 33.4 Å². The molecule has 0 spiro atoms. The summed E-state index contributed by atoms with van der Waals surface area (Å²) in [5.74, 6) is -0.769. The lowest BCUT2D eigenvalue weighted by atomic mass is 10.2. The average molecular weight is 401 g/mol. The zero-order valence-corrected chi connectivity index (χ0v) is 16.1. The number of ether oxygens (including phenoxy) is 1. The lowest BCUT2D eigenvalue weighted by Gasteiger charge is -2.27. The highest BCUT2D eigenvalue weighted by molar-refractivity contribution is 7.90. The molecule has 1 aromatic carbocycles. The van der Waals surface area contributed by atoms with E-state index in [0.717, 1.165) is 17.7 Å². The van der Waals surface area contributed by atoms with Gasteiger partial charge in [-0.15, -0.1) is 4.40 Å². The van der Waals surface area contributed by atoms with Crippen molar-refractivity contribution in [2.24, 2.45) is 4.40 Å². The SMILES string of the molecule is C[C@@H](OC(=O)C1=CN2CCS(=O)(=O)N=C2C=C1)C(=O)N1CCc2ccccc21. The highest BCUT2D eigenvalue weighted by Crippen LogP contribution is 2.28. The number of amidine groups is 1. The number of hydrogen-bond acceptors (Lipinski definition) is 6. The third-order valence-corrected chi connectivity index (χ3v) is 6.01. The maximum absolute atomic E-state index is 12.7. The van der Waals surface area contributed by atoms with Crippen LogP contribution in [0.25, 0.3) is 0 Å². The second-order valence-corrected chi connectivity index (χ2v) is 8.52. The molecule has 1 atom stereocenters. The zero-order valence-electron chi connectivity index (χ0n) is 15.2. The Bertz CT molecular complexity index is 1040. The second kappa shape index (κ2) is 6.90. The van der Waals surface area contributed by atoms with E-state index in [1.165, 1.54) is 18.4 Å². The summed E-state index contributed by atoms with van der Waals surface area (Å²) in [5.41, 5.74) is 2.18. The largest absolute Gasteiger partial charge is 0.449 e. The normalized spacial score (nSPS) is 20.6. The van der Waals surface area contributed by atoms with E-state index in [4.69, 9.17) is 4.74 Å². The maximum atomic E-state index is 12.7. The van der Waals surface area contributed by atoms with Crippen LogP contribution in [0.15, 0.2) is 52.6 Å². The summed E-state index contributed by atoms with van der Waals surface area (Å²) in [6, 6.07) is 7.67. The molecule has 0 bridgehead atoms. The van der Waals surface area contributed by atoms with E-state index in [0.29, 0.717) is 6.54 Å². The highest BCUT2D eigenvalue weighted by atomic mass is 32.2. The quantitative estimate of drug-likeness (QED) is 0.702. The second-order valence-electron chi connectivity index (χ2n) is 6.76. The number of benzene rings is 1. The van der Waals surface area contributed by atoms with Crippen LogP contribution in [0.4, 0.5) is 5.69 Å². The van der Waals surface area contributed by atoms with E-state index in [2.05, 4.69) is 4.40 Å². The number of nitrogens with zero attached hydrogens (tertiary/aromatic N) is 3. The third-order valence-electron chi connectivity index (χ3n) is 4.84. The molecule has 0 fully saturated rings. The van der Waals surface area contributed by atoms with Crippen LogP contribution in [0.5, 0.6) is 0 Å². The van der Waals surface area contributed by atoms with E-state index >= 15 is 0 Å². The Kier molecular flexibility index (Phi) is 4.54. The Hall–Kier alpha value is -2.94.